The van der Waals surface area contributed by atoms with Gasteiger partial charge in [0.05, 0.1) is 6.10 Å². The van der Waals surface area contributed by atoms with Crippen molar-refractivity contribution in [2.24, 2.45) is 0 Å². The lowest BCUT2D eigenvalue weighted by Gasteiger charge is -2.23. The number of ether oxygens (including phenoxy) is 2. The van der Waals surface area contributed by atoms with Gasteiger partial charge >= 0.3 is 0 Å². The Morgan fingerprint density at radius 3 is 2.08 bits per heavy atom. The van der Waals surface area contributed by atoms with Gasteiger partial charge in [-0.15, -0.1) is 0 Å². The summed E-state index contributed by atoms with van der Waals surface area (Å²) in [6.07, 6.45) is 15.0. The Morgan fingerprint density at radius 1 is 0.875 bits per heavy atom. The standard InChI is InChI=1S/C20H40O3S/c1-4-6-8-9-10-11-12-14-19(15-13-16-20(21)24)23-18(3)22-17-7-5-2/h18-19H,4-17H2,1-3H3,(H,21,24). The molecule has 0 spiro atoms. The second kappa shape index (κ2) is 17.6. The fourth-order valence-electron chi connectivity index (χ4n) is 2.79. The highest BCUT2D eigenvalue weighted by Gasteiger charge is 2.14. The summed E-state index contributed by atoms with van der Waals surface area (Å²) < 4.78 is 11.8. The van der Waals surface area contributed by atoms with Crippen molar-refractivity contribution in [3.63, 3.8) is 0 Å². The molecule has 1 N–H and O–H groups in total. The third kappa shape index (κ3) is 16.7. The van der Waals surface area contributed by atoms with Crippen LogP contribution in [0.3, 0.4) is 0 Å². The lowest BCUT2D eigenvalue weighted by Crippen LogP contribution is -2.23. The molecule has 0 saturated carbocycles. The molecule has 0 aliphatic rings. The van der Waals surface area contributed by atoms with E-state index in [1.54, 1.807) is 0 Å². The van der Waals surface area contributed by atoms with Crippen molar-refractivity contribution in [3.05, 3.63) is 0 Å². The summed E-state index contributed by atoms with van der Waals surface area (Å²) >= 11 is 4.75. The van der Waals surface area contributed by atoms with E-state index in [0.29, 0.717) is 6.42 Å². The molecule has 0 rings (SSSR count). The van der Waals surface area contributed by atoms with E-state index in [1.165, 1.54) is 44.9 Å². The van der Waals surface area contributed by atoms with Crippen LogP contribution in [0.1, 0.15) is 104 Å². The summed E-state index contributed by atoms with van der Waals surface area (Å²) in [5, 5.41) is 9.28. The summed E-state index contributed by atoms with van der Waals surface area (Å²) in [5.41, 5.74) is 0. The predicted octanol–water partition coefficient (Wildman–Crippen LogP) is 6.73. The molecule has 0 aliphatic carbocycles. The van der Waals surface area contributed by atoms with Crippen molar-refractivity contribution >= 4 is 17.3 Å². The Morgan fingerprint density at radius 2 is 1.46 bits per heavy atom. The molecule has 0 amide bonds. The second-order valence-electron chi connectivity index (χ2n) is 6.75. The van der Waals surface area contributed by atoms with Crippen LogP contribution in [0.25, 0.3) is 0 Å². The number of thiocarbonyl (C=S) groups is 1. The van der Waals surface area contributed by atoms with Crippen LogP contribution in [-0.2, 0) is 9.47 Å². The van der Waals surface area contributed by atoms with Crippen LogP contribution >= 0.6 is 12.2 Å². The first-order chi connectivity index (χ1) is 11.6. The Hall–Kier alpha value is -0.190. The minimum Gasteiger partial charge on any atom is -0.502 e. The van der Waals surface area contributed by atoms with Crippen molar-refractivity contribution < 1.29 is 14.6 Å². The molecule has 4 heteroatoms. The van der Waals surface area contributed by atoms with Gasteiger partial charge < -0.3 is 14.6 Å². The Balaban J connectivity index is 3.96. The van der Waals surface area contributed by atoms with Crippen LogP contribution in [0.2, 0.25) is 0 Å². The van der Waals surface area contributed by atoms with Crippen molar-refractivity contribution in [3.8, 4) is 0 Å². The average Bonchev–Trinajstić information content (AvgIpc) is 2.53. The Kier molecular flexibility index (Phi) is 17.5. The zero-order valence-electron chi connectivity index (χ0n) is 16.2. The molecule has 0 aromatic carbocycles. The van der Waals surface area contributed by atoms with E-state index in [2.05, 4.69) is 13.8 Å². The number of rotatable bonds is 18. The van der Waals surface area contributed by atoms with Gasteiger partial charge in [-0.25, -0.2) is 0 Å². The van der Waals surface area contributed by atoms with Gasteiger partial charge in [0.1, 0.15) is 0 Å². The molecule has 0 aromatic rings. The van der Waals surface area contributed by atoms with Crippen LogP contribution in [0.5, 0.6) is 0 Å². The molecule has 2 atom stereocenters. The summed E-state index contributed by atoms with van der Waals surface area (Å²) in [5.74, 6) is 0. The van der Waals surface area contributed by atoms with E-state index >= 15 is 0 Å². The maximum Gasteiger partial charge on any atom is 0.156 e. The Bertz CT molecular complexity index is 284. The maximum atomic E-state index is 9.17. The van der Waals surface area contributed by atoms with Gasteiger partial charge in [0.25, 0.3) is 0 Å². The summed E-state index contributed by atoms with van der Waals surface area (Å²) in [7, 11) is 0. The number of aliphatic hydroxyl groups is 1. The molecule has 3 nitrogen and oxygen atoms in total. The fraction of sp³-hybridized carbons (Fsp3) is 0.950. The van der Waals surface area contributed by atoms with Gasteiger partial charge in [0.2, 0.25) is 0 Å². The number of unbranched alkanes of at least 4 members (excludes halogenated alkanes) is 7. The van der Waals surface area contributed by atoms with E-state index in [9.17, 15) is 5.11 Å². The third-order valence-electron chi connectivity index (χ3n) is 4.28. The number of aliphatic hydroxyl groups excluding tert-OH is 1. The molecule has 144 valence electrons. The fourth-order valence-corrected chi connectivity index (χ4v) is 2.94. The van der Waals surface area contributed by atoms with Crippen molar-refractivity contribution in [1.29, 1.82) is 0 Å². The number of hydrogen-bond acceptors (Lipinski definition) is 3. The minimum atomic E-state index is -0.146. The summed E-state index contributed by atoms with van der Waals surface area (Å²) in [6, 6.07) is 0. The molecule has 0 aliphatic heterocycles. The zero-order chi connectivity index (χ0) is 18.0. The lowest BCUT2D eigenvalue weighted by atomic mass is 10.0. The molecule has 0 fully saturated rings. The van der Waals surface area contributed by atoms with Crippen molar-refractivity contribution in [2.45, 2.75) is 117 Å². The lowest BCUT2D eigenvalue weighted by molar-refractivity contribution is -0.163. The highest BCUT2D eigenvalue weighted by molar-refractivity contribution is 7.80. The van der Waals surface area contributed by atoms with Gasteiger partial charge in [-0.1, -0.05) is 65.2 Å². The van der Waals surface area contributed by atoms with E-state index in [0.717, 1.165) is 38.7 Å². The summed E-state index contributed by atoms with van der Waals surface area (Å²) in [4.78, 5) is 0. The molecular weight excluding hydrogens is 320 g/mol. The second-order valence-corrected chi connectivity index (χ2v) is 7.22. The summed E-state index contributed by atoms with van der Waals surface area (Å²) in [6.45, 7) is 7.17. The molecule has 0 radical (unpaired) electrons. The van der Waals surface area contributed by atoms with E-state index in [-0.39, 0.29) is 17.4 Å². The highest BCUT2D eigenvalue weighted by atomic mass is 32.1. The van der Waals surface area contributed by atoms with Crippen LogP contribution in [0.15, 0.2) is 0 Å². The molecule has 0 saturated heterocycles. The molecular formula is C20H40O3S. The maximum absolute atomic E-state index is 9.17. The first-order valence-corrected chi connectivity index (χ1v) is 10.5. The SMILES string of the molecule is CCCCCCCCCC(CCCC(O)=S)OC(C)OCCCC. The Labute approximate surface area is 155 Å². The van der Waals surface area contributed by atoms with Gasteiger partial charge in [-0.2, -0.15) is 0 Å². The molecule has 0 bridgehead atoms. The average molecular weight is 361 g/mol. The normalized spacial score (nSPS) is 13.8. The highest BCUT2D eigenvalue weighted by Crippen LogP contribution is 2.17. The van der Waals surface area contributed by atoms with E-state index < -0.39 is 0 Å². The topological polar surface area (TPSA) is 38.7 Å². The monoisotopic (exact) mass is 360 g/mol. The quantitative estimate of drug-likeness (QED) is 0.167. The first kappa shape index (κ1) is 23.8. The third-order valence-corrected chi connectivity index (χ3v) is 4.49. The van der Waals surface area contributed by atoms with Crippen LogP contribution in [0.4, 0.5) is 0 Å². The van der Waals surface area contributed by atoms with E-state index in [1.807, 2.05) is 6.92 Å². The zero-order valence-corrected chi connectivity index (χ0v) is 17.0. The molecule has 2 unspecified atom stereocenters. The largest absolute Gasteiger partial charge is 0.502 e. The van der Waals surface area contributed by atoms with Crippen LogP contribution < -0.4 is 0 Å². The smallest absolute Gasteiger partial charge is 0.156 e. The predicted molar refractivity (Wildman–Crippen MR) is 107 cm³/mol. The molecule has 0 heterocycles. The van der Waals surface area contributed by atoms with Crippen LogP contribution in [-0.4, -0.2) is 29.2 Å². The van der Waals surface area contributed by atoms with Gasteiger partial charge in [0.15, 0.2) is 11.3 Å². The van der Waals surface area contributed by atoms with Gasteiger partial charge in [-0.05, 0) is 44.8 Å². The molecule has 0 aromatic heterocycles. The van der Waals surface area contributed by atoms with E-state index in [4.69, 9.17) is 21.7 Å². The van der Waals surface area contributed by atoms with Gasteiger partial charge in [0, 0.05) is 13.0 Å². The van der Waals surface area contributed by atoms with Crippen molar-refractivity contribution in [2.75, 3.05) is 6.61 Å². The number of hydrogen-bond donors (Lipinski definition) is 1. The van der Waals surface area contributed by atoms with Gasteiger partial charge in [-0.3, -0.25) is 0 Å². The first-order valence-electron chi connectivity index (χ1n) is 10.1. The van der Waals surface area contributed by atoms with Crippen molar-refractivity contribution in [1.82, 2.24) is 0 Å². The molecule has 24 heavy (non-hydrogen) atoms. The van der Waals surface area contributed by atoms with Crippen LogP contribution in [0, 0.1) is 0 Å². The minimum absolute atomic E-state index is 0.108.